The minimum absolute atomic E-state index is 0.0659. The van der Waals surface area contributed by atoms with E-state index < -0.39 is 5.92 Å². The molecule has 5 rings (SSSR count). The van der Waals surface area contributed by atoms with Crippen molar-refractivity contribution in [3.05, 3.63) is 48.0 Å². The van der Waals surface area contributed by atoms with Crippen LogP contribution in [0, 0.1) is 5.92 Å². The van der Waals surface area contributed by atoms with Crippen molar-refractivity contribution in [3.63, 3.8) is 0 Å². The van der Waals surface area contributed by atoms with E-state index in [0.717, 1.165) is 29.9 Å². The molecule has 3 aliphatic heterocycles. The number of carbonyl (C=O) groups excluding carboxylic acids is 2. The van der Waals surface area contributed by atoms with E-state index in [9.17, 15) is 9.59 Å². The highest BCUT2D eigenvalue weighted by molar-refractivity contribution is 6.01. The van der Waals surface area contributed by atoms with Gasteiger partial charge in [0.1, 0.15) is 5.75 Å². The number of amides is 2. The summed E-state index contributed by atoms with van der Waals surface area (Å²) >= 11 is 0. The van der Waals surface area contributed by atoms with Crippen molar-refractivity contribution in [2.45, 2.75) is 31.6 Å². The number of hydrogen-bond acceptors (Lipinski definition) is 6. The van der Waals surface area contributed by atoms with Crippen molar-refractivity contribution < 1.29 is 28.5 Å². The van der Waals surface area contributed by atoms with Crippen LogP contribution in [0.4, 0.5) is 5.69 Å². The summed E-state index contributed by atoms with van der Waals surface area (Å²) in [6.45, 7) is 4.73. The van der Waals surface area contributed by atoms with Crippen LogP contribution in [0.15, 0.2) is 42.5 Å². The summed E-state index contributed by atoms with van der Waals surface area (Å²) in [6.07, 6.45) is 1.78. The largest absolute Gasteiger partial charge is 0.492 e. The topological polar surface area (TPSA) is 86.3 Å². The summed E-state index contributed by atoms with van der Waals surface area (Å²) in [5.41, 5.74) is 1.57. The van der Waals surface area contributed by atoms with Crippen LogP contribution < -0.4 is 24.4 Å². The van der Waals surface area contributed by atoms with Crippen molar-refractivity contribution in [1.82, 2.24) is 5.32 Å². The Morgan fingerprint density at radius 2 is 1.94 bits per heavy atom. The molecule has 2 aromatic rings. The zero-order valence-electron chi connectivity index (χ0n) is 19.4. The minimum atomic E-state index is -0.407. The Hall–Kier alpha value is -3.26. The Morgan fingerprint density at radius 3 is 2.76 bits per heavy atom. The average molecular weight is 467 g/mol. The van der Waals surface area contributed by atoms with E-state index in [1.54, 1.807) is 4.90 Å². The molecule has 0 bridgehead atoms. The zero-order valence-corrected chi connectivity index (χ0v) is 19.4. The summed E-state index contributed by atoms with van der Waals surface area (Å²) in [4.78, 5) is 27.6. The molecule has 1 unspecified atom stereocenters. The van der Waals surface area contributed by atoms with E-state index in [2.05, 4.69) is 11.4 Å². The Bertz CT molecular complexity index is 1070. The van der Waals surface area contributed by atoms with Crippen LogP contribution in [0.1, 0.15) is 31.7 Å². The summed E-state index contributed by atoms with van der Waals surface area (Å²) in [6, 6.07) is 13.5. The normalized spacial score (nSPS) is 20.9. The second-order valence-corrected chi connectivity index (χ2v) is 8.98. The van der Waals surface area contributed by atoms with E-state index in [1.807, 2.05) is 43.3 Å². The van der Waals surface area contributed by atoms with Gasteiger partial charge in [-0.15, -0.1) is 0 Å². The molecule has 1 atom stereocenters. The van der Waals surface area contributed by atoms with E-state index in [4.69, 9.17) is 18.9 Å². The van der Waals surface area contributed by atoms with Gasteiger partial charge in [-0.3, -0.25) is 9.59 Å². The zero-order chi connectivity index (χ0) is 23.5. The maximum Gasteiger partial charge on any atom is 0.231 e. The summed E-state index contributed by atoms with van der Waals surface area (Å²) in [7, 11) is 0. The quantitative estimate of drug-likeness (QED) is 0.675. The standard InChI is InChI=1S/C26H30N2O6/c1-2-32-21-6-4-3-5-20(21)28-15-18(13-24(28)29)25(30)27-16-26(9-11-31-12-10-26)19-7-8-22-23(14-19)34-17-33-22/h3-8,14,18H,2,9-13,15-17H2,1H3,(H,27,30). The molecule has 0 radical (unpaired) electrons. The Kier molecular flexibility index (Phi) is 6.32. The first kappa shape index (κ1) is 22.5. The molecule has 3 aliphatic rings. The Balaban J connectivity index is 1.29. The van der Waals surface area contributed by atoms with Gasteiger partial charge in [0.15, 0.2) is 11.5 Å². The number of anilines is 1. The molecule has 8 nitrogen and oxygen atoms in total. The van der Waals surface area contributed by atoms with Gasteiger partial charge in [-0.25, -0.2) is 0 Å². The highest BCUT2D eigenvalue weighted by atomic mass is 16.7. The second-order valence-electron chi connectivity index (χ2n) is 8.98. The average Bonchev–Trinajstić information content (AvgIpc) is 3.50. The molecule has 1 N–H and O–H groups in total. The maximum atomic E-state index is 13.2. The lowest BCUT2D eigenvalue weighted by Gasteiger charge is -2.38. The summed E-state index contributed by atoms with van der Waals surface area (Å²) in [5, 5.41) is 3.16. The lowest BCUT2D eigenvalue weighted by molar-refractivity contribution is -0.126. The molecule has 0 saturated carbocycles. The number of hydrogen-bond donors (Lipinski definition) is 1. The SMILES string of the molecule is CCOc1ccccc1N1CC(C(=O)NCC2(c3ccc4c(c3)OCO4)CCOCC2)CC1=O. The van der Waals surface area contributed by atoms with E-state index in [0.29, 0.717) is 44.3 Å². The number of ether oxygens (including phenoxy) is 4. The molecular weight excluding hydrogens is 436 g/mol. The van der Waals surface area contributed by atoms with Gasteiger partial charge in [0.2, 0.25) is 18.6 Å². The van der Waals surface area contributed by atoms with Crippen LogP contribution in [-0.2, 0) is 19.7 Å². The fourth-order valence-electron chi connectivity index (χ4n) is 5.03. The first-order chi connectivity index (χ1) is 16.6. The number of nitrogens with one attached hydrogen (secondary N) is 1. The number of fused-ring (bicyclic) bond motifs is 1. The molecule has 0 spiro atoms. The highest BCUT2D eigenvalue weighted by Crippen LogP contribution is 2.41. The predicted octanol–water partition coefficient (Wildman–Crippen LogP) is 3.03. The number of para-hydroxylation sites is 2. The molecule has 2 saturated heterocycles. The van der Waals surface area contributed by atoms with Gasteiger partial charge in [0, 0.05) is 38.1 Å². The molecule has 180 valence electrons. The number of benzene rings is 2. The maximum absolute atomic E-state index is 13.2. The van der Waals surface area contributed by atoms with Gasteiger partial charge in [-0.05, 0) is 49.6 Å². The smallest absolute Gasteiger partial charge is 0.231 e. The first-order valence-electron chi connectivity index (χ1n) is 11.9. The van der Waals surface area contributed by atoms with Gasteiger partial charge in [-0.2, -0.15) is 0 Å². The number of rotatable bonds is 7. The lowest BCUT2D eigenvalue weighted by Crippen LogP contribution is -2.46. The molecule has 2 fully saturated rings. The Labute approximate surface area is 199 Å². The third-order valence-electron chi connectivity index (χ3n) is 6.99. The van der Waals surface area contributed by atoms with E-state index in [1.165, 1.54) is 0 Å². The van der Waals surface area contributed by atoms with Gasteiger partial charge in [-0.1, -0.05) is 18.2 Å². The van der Waals surface area contributed by atoms with E-state index in [-0.39, 0.29) is 30.4 Å². The first-order valence-corrected chi connectivity index (χ1v) is 11.9. The molecular formula is C26H30N2O6. The summed E-state index contributed by atoms with van der Waals surface area (Å²) in [5.74, 6) is 1.56. The van der Waals surface area contributed by atoms with Crippen LogP contribution in [0.5, 0.6) is 17.2 Å². The van der Waals surface area contributed by atoms with Gasteiger partial charge >= 0.3 is 0 Å². The van der Waals surface area contributed by atoms with Crippen LogP contribution >= 0.6 is 0 Å². The molecule has 2 aromatic carbocycles. The minimum Gasteiger partial charge on any atom is -0.492 e. The van der Waals surface area contributed by atoms with E-state index >= 15 is 0 Å². The van der Waals surface area contributed by atoms with Crippen LogP contribution in [-0.4, -0.2) is 51.5 Å². The highest BCUT2D eigenvalue weighted by Gasteiger charge is 2.39. The van der Waals surface area contributed by atoms with Crippen molar-refractivity contribution in [2.75, 3.05) is 44.6 Å². The van der Waals surface area contributed by atoms with Crippen molar-refractivity contribution >= 4 is 17.5 Å². The molecule has 34 heavy (non-hydrogen) atoms. The molecule has 0 aliphatic carbocycles. The van der Waals surface area contributed by atoms with Gasteiger partial charge in [0.25, 0.3) is 0 Å². The van der Waals surface area contributed by atoms with Gasteiger partial charge in [0.05, 0.1) is 18.2 Å². The molecule has 3 heterocycles. The Morgan fingerprint density at radius 1 is 1.15 bits per heavy atom. The number of carbonyl (C=O) groups is 2. The second kappa shape index (κ2) is 9.54. The van der Waals surface area contributed by atoms with Crippen LogP contribution in [0.2, 0.25) is 0 Å². The summed E-state index contributed by atoms with van der Waals surface area (Å²) < 4.78 is 22.3. The number of nitrogens with zero attached hydrogens (tertiary/aromatic N) is 1. The van der Waals surface area contributed by atoms with Crippen LogP contribution in [0.25, 0.3) is 0 Å². The molecule has 8 heteroatoms. The van der Waals surface area contributed by atoms with Crippen LogP contribution in [0.3, 0.4) is 0 Å². The van der Waals surface area contributed by atoms with Crippen molar-refractivity contribution in [2.24, 2.45) is 5.92 Å². The fraction of sp³-hybridized carbons (Fsp3) is 0.462. The predicted molar refractivity (Wildman–Crippen MR) is 125 cm³/mol. The lowest BCUT2D eigenvalue weighted by atomic mass is 9.74. The van der Waals surface area contributed by atoms with Crippen molar-refractivity contribution in [1.29, 1.82) is 0 Å². The van der Waals surface area contributed by atoms with Crippen molar-refractivity contribution in [3.8, 4) is 17.2 Å². The molecule has 0 aromatic heterocycles. The monoisotopic (exact) mass is 466 g/mol. The fourth-order valence-corrected chi connectivity index (χ4v) is 5.03. The third-order valence-corrected chi connectivity index (χ3v) is 6.99. The third kappa shape index (κ3) is 4.30. The molecule has 2 amide bonds. The van der Waals surface area contributed by atoms with Gasteiger partial charge < -0.3 is 29.2 Å².